The normalized spacial score (nSPS) is 14.3. The lowest BCUT2D eigenvalue weighted by Crippen LogP contribution is -2.40. The van der Waals surface area contributed by atoms with Gasteiger partial charge >= 0.3 is 5.97 Å². The number of carbonyl (C=O) groups is 1. The molecular weight excluding hydrogens is 766 g/mol. The second-order valence-electron chi connectivity index (χ2n) is 11.4. The zero-order chi connectivity index (χ0) is 34.8. The van der Waals surface area contributed by atoms with E-state index in [9.17, 15) is 14.0 Å². The number of hydrogen-bond acceptors (Lipinski definition) is 7. The van der Waals surface area contributed by atoms with Gasteiger partial charge in [-0.15, -0.1) is 0 Å². The van der Waals surface area contributed by atoms with Gasteiger partial charge < -0.3 is 14.2 Å². The molecule has 10 heteroatoms. The second-order valence-corrected chi connectivity index (χ2v) is 13.6. The summed E-state index contributed by atoms with van der Waals surface area (Å²) in [5, 5.41) is 2.26. The molecule has 0 unspecified atom stereocenters. The summed E-state index contributed by atoms with van der Waals surface area (Å²) in [6.07, 6.45) is 1.78. The van der Waals surface area contributed by atoms with Crippen LogP contribution in [0.25, 0.3) is 22.5 Å². The Morgan fingerprint density at radius 1 is 0.980 bits per heavy atom. The van der Waals surface area contributed by atoms with Crippen LogP contribution in [0.4, 0.5) is 4.39 Å². The van der Waals surface area contributed by atoms with E-state index >= 15 is 0 Å². The van der Waals surface area contributed by atoms with Gasteiger partial charge in [0.15, 0.2) is 16.3 Å². The van der Waals surface area contributed by atoms with E-state index in [0.717, 1.165) is 25.5 Å². The van der Waals surface area contributed by atoms with Gasteiger partial charge in [0.25, 0.3) is 5.56 Å². The van der Waals surface area contributed by atoms with Crippen molar-refractivity contribution >= 4 is 62.4 Å². The SMILES string of the molecule is CCOC(=O)C1=C(c2ccccc2)N=c2s/c(=C\c3cc(I)c(OCc4cccc5ccccc45)c(OC)c3)c(=O)n2[C@@H]1c1ccc(F)cc1. The van der Waals surface area contributed by atoms with Crippen LogP contribution in [0.3, 0.4) is 0 Å². The van der Waals surface area contributed by atoms with E-state index in [1.807, 2.05) is 66.7 Å². The molecule has 6 aromatic rings. The minimum atomic E-state index is -0.900. The van der Waals surface area contributed by atoms with Crippen molar-refractivity contribution in [2.45, 2.75) is 19.6 Å². The molecule has 1 aromatic heterocycles. The minimum absolute atomic E-state index is 0.132. The Morgan fingerprint density at radius 3 is 2.48 bits per heavy atom. The molecule has 0 amide bonds. The molecule has 0 saturated heterocycles. The van der Waals surface area contributed by atoms with Gasteiger partial charge in [0.1, 0.15) is 12.4 Å². The maximum absolute atomic E-state index is 14.3. The third kappa shape index (κ3) is 6.48. The maximum Gasteiger partial charge on any atom is 0.338 e. The van der Waals surface area contributed by atoms with E-state index in [2.05, 4.69) is 40.8 Å². The predicted octanol–water partition coefficient (Wildman–Crippen LogP) is 7.42. The number of fused-ring (bicyclic) bond motifs is 2. The van der Waals surface area contributed by atoms with Crippen molar-refractivity contribution in [3.63, 3.8) is 0 Å². The molecule has 0 N–H and O–H groups in total. The quantitative estimate of drug-likeness (QED) is 0.113. The number of esters is 1. The van der Waals surface area contributed by atoms with Gasteiger partial charge in [0.05, 0.1) is 39.1 Å². The van der Waals surface area contributed by atoms with Crippen LogP contribution < -0.4 is 24.4 Å². The number of thiazole rings is 1. The third-order valence-corrected chi connectivity index (χ3v) is 10.1. The van der Waals surface area contributed by atoms with Crippen LogP contribution in [0.2, 0.25) is 0 Å². The van der Waals surface area contributed by atoms with Crippen molar-refractivity contribution < 1.29 is 23.4 Å². The number of nitrogens with zero attached hydrogens (tertiary/aromatic N) is 2. The first-order valence-electron chi connectivity index (χ1n) is 15.9. The monoisotopic (exact) mass is 796 g/mol. The molecule has 0 bridgehead atoms. The average molecular weight is 797 g/mol. The highest BCUT2D eigenvalue weighted by Crippen LogP contribution is 2.37. The molecule has 0 aliphatic carbocycles. The summed E-state index contributed by atoms with van der Waals surface area (Å²) in [6, 6.07) is 32.2. The number of carbonyl (C=O) groups excluding carboxylic acids is 1. The lowest BCUT2D eigenvalue weighted by Gasteiger charge is -2.25. The van der Waals surface area contributed by atoms with Gasteiger partial charge in [-0.1, -0.05) is 96.3 Å². The van der Waals surface area contributed by atoms with Crippen LogP contribution in [0.15, 0.2) is 125 Å². The van der Waals surface area contributed by atoms with Gasteiger partial charge in [-0.25, -0.2) is 14.2 Å². The summed E-state index contributed by atoms with van der Waals surface area (Å²) in [7, 11) is 1.58. The van der Waals surface area contributed by atoms with Gasteiger partial charge in [0.2, 0.25) is 0 Å². The Kier molecular flexibility index (Phi) is 9.64. The number of ether oxygens (including phenoxy) is 3. The Morgan fingerprint density at radius 2 is 1.72 bits per heavy atom. The van der Waals surface area contributed by atoms with E-state index in [1.165, 1.54) is 28.0 Å². The Hall–Kier alpha value is -5.07. The molecule has 0 spiro atoms. The van der Waals surface area contributed by atoms with Crippen LogP contribution in [-0.4, -0.2) is 24.3 Å². The fourth-order valence-electron chi connectivity index (χ4n) is 6.08. The number of rotatable bonds is 9. The van der Waals surface area contributed by atoms with Gasteiger partial charge in [-0.3, -0.25) is 9.36 Å². The zero-order valence-corrected chi connectivity index (χ0v) is 30.0. The van der Waals surface area contributed by atoms with E-state index in [0.29, 0.717) is 44.3 Å². The predicted molar refractivity (Wildman–Crippen MR) is 201 cm³/mol. The van der Waals surface area contributed by atoms with E-state index in [1.54, 1.807) is 32.2 Å². The topological polar surface area (TPSA) is 79.1 Å². The first kappa shape index (κ1) is 33.4. The average Bonchev–Trinajstić information content (AvgIpc) is 3.44. The summed E-state index contributed by atoms with van der Waals surface area (Å²) in [5.41, 5.74) is 3.28. The fourth-order valence-corrected chi connectivity index (χ4v) is 7.87. The molecule has 0 radical (unpaired) electrons. The van der Waals surface area contributed by atoms with E-state index in [-0.39, 0.29) is 17.7 Å². The van der Waals surface area contributed by atoms with E-state index in [4.69, 9.17) is 19.2 Å². The molecule has 1 aliphatic heterocycles. The minimum Gasteiger partial charge on any atom is -0.493 e. The molecule has 50 heavy (non-hydrogen) atoms. The number of halogens is 2. The highest BCUT2D eigenvalue weighted by Gasteiger charge is 2.35. The van der Waals surface area contributed by atoms with Gasteiger partial charge in [-0.05, 0) is 87.3 Å². The largest absolute Gasteiger partial charge is 0.493 e. The van der Waals surface area contributed by atoms with Crippen LogP contribution >= 0.6 is 33.9 Å². The molecule has 5 aromatic carbocycles. The first-order chi connectivity index (χ1) is 24.4. The number of aromatic nitrogens is 1. The number of methoxy groups -OCH3 is 1. The first-order valence-corrected chi connectivity index (χ1v) is 17.8. The van der Waals surface area contributed by atoms with Gasteiger partial charge in [-0.2, -0.15) is 0 Å². The summed E-state index contributed by atoms with van der Waals surface area (Å²) in [4.78, 5) is 33.2. The van der Waals surface area contributed by atoms with Crippen LogP contribution in [0.5, 0.6) is 11.5 Å². The molecular formula is C40H30FIN2O5S. The molecule has 1 aliphatic rings. The second kappa shape index (κ2) is 14.4. The summed E-state index contributed by atoms with van der Waals surface area (Å²) in [6.45, 7) is 2.20. The third-order valence-electron chi connectivity index (χ3n) is 8.36. The molecule has 0 saturated carbocycles. The highest BCUT2D eigenvalue weighted by molar-refractivity contribution is 14.1. The van der Waals surface area contributed by atoms with Crippen LogP contribution in [0, 0.1) is 9.39 Å². The Labute approximate surface area is 304 Å². The molecule has 2 heterocycles. The lowest BCUT2D eigenvalue weighted by molar-refractivity contribution is -0.138. The van der Waals surface area contributed by atoms with Crippen molar-refractivity contribution in [3.05, 3.63) is 166 Å². The Bertz CT molecular complexity index is 2450. The number of benzene rings is 5. The van der Waals surface area contributed by atoms with Gasteiger partial charge in [0, 0.05) is 5.56 Å². The molecule has 0 fully saturated rings. The van der Waals surface area contributed by atoms with Crippen LogP contribution in [-0.2, 0) is 16.1 Å². The summed E-state index contributed by atoms with van der Waals surface area (Å²) < 4.78 is 34.4. The van der Waals surface area contributed by atoms with Crippen molar-refractivity contribution in [1.82, 2.24) is 4.57 Å². The maximum atomic E-state index is 14.3. The van der Waals surface area contributed by atoms with Crippen molar-refractivity contribution in [1.29, 1.82) is 0 Å². The molecule has 7 rings (SSSR count). The van der Waals surface area contributed by atoms with Crippen LogP contribution in [0.1, 0.15) is 35.2 Å². The number of hydrogen-bond donors (Lipinski definition) is 0. The molecule has 250 valence electrons. The fraction of sp³-hybridized carbons (Fsp3) is 0.125. The summed E-state index contributed by atoms with van der Waals surface area (Å²) in [5.74, 6) is 0.0927. The van der Waals surface area contributed by atoms with E-state index < -0.39 is 17.8 Å². The molecule has 1 atom stereocenters. The summed E-state index contributed by atoms with van der Waals surface area (Å²) >= 11 is 3.42. The Balaban J connectivity index is 1.33. The van der Waals surface area contributed by atoms with Crippen molar-refractivity contribution in [3.8, 4) is 11.5 Å². The zero-order valence-electron chi connectivity index (χ0n) is 27.1. The standard InChI is InChI=1S/C40H30FIN2O5S/c1-3-48-39(46)34-35(26-11-5-4-6-12-26)43-40-44(36(34)27-16-18-29(41)19-17-27)38(45)33(50-40)22-24-20-31(42)37(32(21-24)47-2)49-23-28-14-9-13-25-10-7-8-15-30(25)28/h4-22,36H,3,23H2,1-2H3/b33-22-/t36-/m1/s1. The lowest BCUT2D eigenvalue weighted by atomic mass is 9.93. The van der Waals surface area contributed by atoms with Crippen molar-refractivity contribution in [2.24, 2.45) is 4.99 Å². The van der Waals surface area contributed by atoms with Crippen molar-refractivity contribution in [2.75, 3.05) is 13.7 Å². The highest BCUT2D eigenvalue weighted by atomic mass is 127. The smallest absolute Gasteiger partial charge is 0.338 e. The molecule has 7 nitrogen and oxygen atoms in total.